The van der Waals surface area contributed by atoms with Crippen LogP contribution in [0.15, 0.2) is 121 Å². The molecule has 0 bridgehead atoms. The first-order valence-corrected chi connectivity index (χ1v) is 14.5. The Labute approximate surface area is 252 Å². The van der Waals surface area contributed by atoms with Gasteiger partial charge in [0.1, 0.15) is 0 Å². The van der Waals surface area contributed by atoms with Gasteiger partial charge < -0.3 is 18.9 Å². The van der Waals surface area contributed by atoms with Gasteiger partial charge in [0, 0.05) is 50.1 Å². The van der Waals surface area contributed by atoms with Crippen molar-refractivity contribution in [2.75, 3.05) is 28.4 Å². The molecule has 0 aliphatic heterocycles. The van der Waals surface area contributed by atoms with Crippen molar-refractivity contribution in [2.45, 2.75) is 51.1 Å². The third-order valence-electron chi connectivity index (χ3n) is 9.36. The van der Waals surface area contributed by atoms with Crippen LogP contribution in [-0.4, -0.2) is 41.0 Å². The minimum Gasteiger partial charge on any atom is -0.355 e. The zero-order valence-electron chi connectivity index (χ0n) is 26.3. The quantitative estimate of drug-likeness (QED) is 0.153. The lowest BCUT2D eigenvalue weighted by atomic mass is 9.37. The Morgan fingerprint density at radius 2 is 0.548 bits per heavy atom. The fourth-order valence-electron chi connectivity index (χ4n) is 8.13. The molecule has 4 rings (SSSR count). The molecule has 0 saturated carbocycles. The van der Waals surface area contributed by atoms with Crippen LogP contribution in [0.1, 0.15) is 49.9 Å². The van der Waals surface area contributed by atoms with Gasteiger partial charge in [-0.05, 0) is 22.3 Å². The van der Waals surface area contributed by atoms with Gasteiger partial charge in [0.25, 0.3) is 0 Å². The maximum Gasteiger partial charge on any atom is 0.163 e. The van der Waals surface area contributed by atoms with Crippen molar-refractivity contribution in [2.24, 2.45) is 10.8 Å². The van der Waals surface area contributed by atoms with Gasteiger partial charge in [-0.1, -0.05) is 149 Å². The number of hydrogen-bond acceptors (Lipinski definition) is 4. The predicted octanol–water partition coefficient (Wildman–Crippen LogP) is 8.25. The van der Waals surface area contributed by atoms with Crippen LogP contribution in [0.2, 0.25) is 0 Å². The first kappa shape index (κ1) is 31.7. The Bertz CT molecular complexity index is 1170. The van der Waals surface area contributed by atoms with Gasteiger partial charge in [-0.2, -0.15) is 0 Å². The standard InChI is InChI=1S/C38H46O4/c1-35(2,33(39-5)40-6)37(29-21-13-9-14-22-29,30-23-15-10-16-24-30)38(31-25-17-11-18-26-31,32-27-19-12-20-28-32)36(3,4)34(41-7)42-8/h9-28,33-34H,1-8H3. The highest BCUT2D eigenvalue weighted by Crippen LogP contribution is 2.69. The predicted molar refractivity (Wildman–Crippen MR) is 171 cm³/mol. The van der Waals surface area contributed by atoms with Crippen LogP contribution < -0.4 is 0 Å². The molecular weight excluding hydrogens is 520 g/mol. The first-order valence-electron chi connectivity index (χ1n) is 14.5. The summed E-state index contributed by atoms with van der Waals surface area (Å²) in [5.41, 5.74) is 1.52. The van der Waals surface area contributed by atoms with E-state index in [1.165, 1.54) is 0 Å². The van der Waals surface area contributed by atoms with Crippen LogP contribution in [0, 0.1) is 10.8 Å². The Hall–Kier alpha value is -3.28. The Kier molecular flexibility index (Phi) is 9.74. The lowest BCUT2D eigenvalue weighted by Gasteiger charge is -2.66. The third-order valence-corrected chi connectivity index (χ3v) is 9.36. The second kappa shape index (κ2) is 12.9. The SMILES string of the molecule is COC(OC)C(C)(C)C(c1ccccc1)(c1ccccc1)C(c1ccccc1)(c1ccccc1)C(C)(C)C(OC)OC. The zero-order chi connectivity index (χ0) is 30.4. The molecule has 222 valence electrons. The third kappa shape index (κ3) is 4.71. The number of methoxy groups -OCH3 is 4. The van der Waals surface area contributed by atoms with Crippen LogP contribution in [0.3, 0.4) is 0 Å². The van der Waals surface area contributed by atoms with Crippen molar-refractivity contribution in [1.29, 1.82) is 0 Å². The molecule has 0 heterocycles. The minimum absolute atomic E-state index is 0.580. The van der Waals surface area contributed by atoms with Gasteiger partial charge in [0.05, 0.1) is 0 Å². The lowest BCUT2D eigenvalue weighted by Crippen LogP contribution is -2.69. The zero-order valence-corrected chi connectivity index (χ0v) is 26.3. The molecule has 0 aromatic heterocycles. The van der Waals surface area contributed by atoms with Gasteiger partial charge in [-0.25, -0.2) is 0 Å². The highest BCUT2D eigenvalue weighted by atomic mass is 16.7. The molecule has 0 radical (unpaired) electrons. The summed E-state index contributed by atoms with van der Waals surface area (Å²) < 4.78 is 24.9. The van der Waals surface area contributed by atoms with Crippen molar-refractivity contribution in [1.82, 2.24) is 0 Å². The normalized spacial score (nSPS) is 13.1. The summed E-state index contributed by atoms with van der Waals surface area (Å²) >= 11 is 0. The largest absolute Gasteiger partial charge is 0.355 e. The summed E-state index contributed by atoms with van der Waals surface area (Å²) in [6.07, 6.45) is -1.16. The molecule has 0 atom stereocenters. The average Bonchev–Trinajstić information content (AvgIpc) is 3.02. The molecule has 0 spiro atoms. The highest BCUT2D eigenvalue weighted by Gasteiger charge is 2.71. The van der Waals surface area contributed by atoms with E-state index in [0.29, 0.717) is 0 Å². The molecule has 4 heteroatoms. The maximum atomic E-state index is 6.22. The number of benzene rings is 4. The molecule has 0 saturated heterocycles. The Morgan fingerprint density at radius 1 is 0.357 bits per heavy atom. The first-order chi connectivity index (χ1) is 20.2. The minimum atomic E-state index is -0.819. The van der Waals surface area contributed by atoms with E-state index in [-0.39, 0.29) is 0 Å². The van der Waals surface area contributed by atoms with Gasteiger partial charge in [0.2, 0.25) is 0 Å². The highest BCUT2D eigenvalue weighted by molar-refractivity contribution is 5.59. The van der Waals surface area contributed by atoms with Crippen molar-refractivity contribution in [3.63, 3.8) is 0 Å². The number of rotatable bonds is 13. The fraction of sp³-hybridized carbons (Fsp3) is 0.368. The van der Waals surface area contributed by atoms with Crippen LogP contribution in [0.5, 0.6) is 0 Å². The van der Waals surface area contributed by atoms with E-state index in [9.17, 15) is 0 Å². The van der Waals surface area contributed by atoms with E-state index in [2.05, 4.69) is 149 Å². The van der Waals surface area contributed by atoms with E-state index in [1.807, 2.05) is 0 Å². The van der Waals surface area contributed by atoms with Crippen LogP contribution >= 0.6 is 0 Å². The van der Waals surface area contributed by atoms with Gasteiger partial charge in [-0.15, -0.1) is 0 Å². The van der Waals surface area contributed by atoms with Crippen molar-refractivity contribution < 1.29 is 18.9 Å². The summed E-state index contributed by atoms with van der Waals surface area (Å²) in [7, 11) is 6.90. The van der Waals surface area contributed by atoms with E-state index < -0.39 is 34.2 Å². The van der Waals surface area contributed by atoms with E-state index in [4.69, 9.17) is 18.9 Å². The molecule has 0 N–H and O–H groups in total. The van der Waals surface area contributed by atoms with Gasteiger partial charge >= 0.3 is 0 Å². The van der Waals surface area contributed by atoms with Crippen molar-refractivity contribution in [3.8, 4) is 0 Å². The van der Waals surface area contributed by atoms with E-state index in [1.54, 1.807) is 28.4 Å². The van der Waals surface area contributed by atoms with Crippen molar-refractivity contribution in [3.05, 3.63) is 144 Å². The molecule has 42 heavy (non-hydrogen) atoms. The van der Waals surface area contributed by atoms with Crippen molar-refractivity contribution >= 4 is 0 Å². The molecule has 0 unspecified atom stereocenters. The summed E-state index contributed by atoms with van der Waals surface area (Å²) in [5.74, 6) is 0. The molecule has 0 aliphatic rings. The van der Waals surface area contributed by atoms with Crippen LogP contribution in [-0.2, 0) is 29.8 Å². The molecular formula is C38H46O4. The lowest BCUT2D eigenvalue weighted by molar-refractivity contribution is -0.226. The van der Waals surface area contributed by atoms with E-state index >= 15 is 0 Å². The molecule has 4 aromatic carbocycles. The maximum absolute atomic E-state index is 6.22. The van der Waals surface area contributed by atoms with Gasteiger partial charge in [-0.3, -0.25) is 0 Å². The van der Waals surface area contributed by atoms with Crippen LogP contribution in [0.25, 0.3) is 0 Å². The molecule has 0 amide bonds. The summed E-state index contributed by atoms with van der Waals surface area (Å²) in [6, 6.07) is 43.2. The molecule has 4 aromatic rings. The molecule has 4 nitrogen and oxygen atoms in total. The van der Waals surface area contributed by atoms with Gasteiger partial charge in [0.15, 0.2) is 12.6 Å². The second-order valence-corrected chi connectivity index (χ2v) is 12.0. The molecule has 0 aliphatic carbocycles. The fourth-order valence-corrected chi connectivity index (χ4v) is 8.13. The topological polar surface area (TPSA) is 36.9 Å². The molecule has 0 fully saturated rings. The second-order valence-electron chi connectivity index (χ2n) is 12.0. The van der Waals surface area contributed by atoms with E-state index in [0.717, 1.165) is 22.3 Å². The summed E-state index contributed by atoms with van der Waals surface area (Å²) in [4.78, 5) is 0. The number of hydrogen-bond donors (Lipinski definition) is 0. The Balaban J connectivity index is 2.45. The monoisotopic (exact) mass is 566 g/mol. The van der Waals surface area contributed by atoms with Crippen LogP contribution in [0.4, 0.5) is 0 Å². The summed E-state index contributed by atoms with van der Waals surface area (Å²) in [5, 5.41) is 0. The average molecular weight is 567 g/mol. The summed E-state index contributed by atoms with van der Waals surface area (Å²) in [6.45, 7) is 9.04. The smallest absolute Gasteiger partial charge is 0.163 e. The number of ether oxygens (including phenoxy) is 4. The Morgan fingerprint density at radius 3 is 0.714 bits per heavy atom.